The molecule has 1 aromatic heterocycles. The van der Waals surface area contributed by atoms with Gasteiger partial charge in [0.25, 0.3) is 0 Å². The van der Waals surface area contributed by atoms with Gasteiger partial charge in [0, 0.05) is 10.8 Å². The Balaban J connectivity index is 1.91. The number of fused-ring (bicyclic) bond motifs is 1. The molecule has 7 heteroatoms. The fourth-order valence-corrected chi connectivity index (χ4v) is 6.17. The van der Waals surface area contributed by atoms with Gasteiger partial charge in [-0.05, 0) is 36.4 Å². The molecule has 0 unspecified atom stereocenters. The summed E-state index contributed by atoms with van der Waals surface area (Å²) in [4.78, 5) is 4.58. The van der Waals surface area contributed by atoms with E-state index in [1.807, 2.05) is 24.3 Å². The second-order valence-corrected chi connectivity index (χ2v) is 9.20. The van der Waals surface area contributed by atoms with Crippen LogP contribution in [0.1, 0.15) is 0 Å². The van der Waals surface area contributed by atoms with Gasteiger partial charge in [-0.15, -0.1) is 11.3 Å². The predicted molar refractivity (Wildman–Crippen MR) is 85.7 cm³/mol. The van der Waals surface area contributed by atoms with E-state index in [-0.39, 0.29) is 4.90 Å². The van der Waals surface area contributed by atoms with E-state index in [2.05, 4.69) is 4.98 Å². The molecule has 0 spiro atoms. The number of nitrogens with zero attached hydrogens (tertiary/aromatic N) is 1. The van der Waals surface area contributed by atoms with Crippen LogP contribution in [0.25, 0.3) is 10.2 Å². The Morgan fingerprint density at radius 1 is 1.10 bits per heavy atom. The molecule has 0 atom stereocenters. The normalized spacial score (nSPS) is 11.7. The Morgan fingerprint density at radius 2 is 1.81 bits per heavy atom. The number of thiazole rings is 1. The van der Waals surface area contributed by atoms with E-state index in [0.717, 1.165) is 21.0 Å². The largest absolute Gasteiger partial charge is 0.497 e. The Bertz CT molecular complexity index is 837. The van der Waals surface area contributed by atoms with Crippen LogP contribution in [-0.2, 0) is 8.87 Å². The maximum atomic E-state index is 12.4. The van der Waals surface area contributed by atoms with Crippen molar-refractivity contribution in [1.82, 2.24) is 4.98 Å². The first-order chi connectivity index (χ1) is 10.1. The van der Waals surface area contributed by atoms with E-state index < -0.39 is 8.87 Å². The molecule has 0 fully saturated rings. The van der Waals surface area contributed by atoms with Crippen LogP contribution in [0.4, 0.5) is 0 Å². The first-order valence-corrected chi connectivity index (χ1v) is 9.66. The van der Waals surface area contributed by atoms with Gasteiger partial charge in [0.2, 0.25) is 8.87 Å². The molecular formula is C14H11NO3S3. The van der Waals surface area contributed by atoms with Crippen LogP contribution < -0.4 is 4.74 Å². The highest BCUT2D eigenvalue weighted by Gasteiger charge is 2.19. The molecule has 0 saturated heterocycles. The number of rotatable bonds is 4. The van der Waals surface area contributed by atoms with Crippen molar-refractivity contribution in [3.8, 4) is 5.75 Å². The van der Waals surface area contributed by atoms with Crippen LogP contribution in [-0.4, -0.2) is 20.5 Å². The molecule has 0 aliphatic carbocycles. The lowest BCUT2D eigenvalue weighted by Crippen LogP contribution is -1.95. The monoisotopic (exact) mass is 337 g/mol. The van der Waals surface area contributed by atoms with Gasteiger partial charge < -0.3 is 4.74 Å². The predicted octanol–water partition coefficient (Wildman–Crippen LogP) is 3.79. The number of benzene rings is 2. The van der Waals surface area contributed by atoms with E-state index in [1.54, 1.807) is 19.2 Å². The summed E-state index contributed by atoms with van der Waals surface area (Å²) in [5, 5.41) is 0. The van der Waals surface area contributed by atoms with Gasteiger partial charge in [-0.2, -0.15) is 0 Å². The molecule has 1 heterocycles. The summed E-state index contributed by atoms with van der Waals surface area (Å²) in [5.74, 6) is 0.624. The Labute approximate surface area is 130 Å². The number of ether oxygens (including phenoxy) is 1. The first-order valence-electron chi connectivity index (χ1n) is 6.02. The zero-order valence-corrected chi connectivity index (χ0v) is 13.5. The highest BCUT2D eigenvalue weighted by molar-refractivity contribution is 8.72. The van der Waals surface area contributed by atoms with Crippen molar-refractivity contribution in [2.45, 2.75) is 9.24 Å². The minimum absolute atomic E-state index is 0.243. The van der Waals surface area contributed by atoms with Gasteiger partial charge >= 0.3 is 0 Å². The SMILES string of the molecule is COc1ccc(S(=O)(=O)Sc2nc3ccccc3s2)cc1. The lowest BCUT2D eigenvalue weighted by Gasteiger charge is -2.03. The number of methoxy groups -OCH3 is 1. The van der Waals surface area contributed by atoms with Crippen molar-refractivity contribution >= 4 is 41.2 Å². The molecule has 21 heavy (non-hydrogen) atoms. The summed E-state index contributed by atoms with van der Waals surface area (Å²) in [6.07, 6.45) is 0. The van der Waals surface area contributed by atoms with E-state index in [4.69, 9.17) is 4.74 Å². The van der Waals surface area contributed by atoms with E-state index >= 15 is 0 Å². The van der Waals surface area contributed by atoms with E-state index in [0.29, 0.717) is 10.1 Å². The molecule has 3 aromatic rings. The summed E-state index contributed by atoms with van der Waals surface area (Å²) in [6.45, 7) is 0. The van der Waals surface area contributed by atoms with Crippen LogP contribution in [0.3, 0.4) is 0 Å². The third kappa shape index (κ3) is 3.04. The average molecular weight is 337 g/mol. The minimum Gasteiger partial charge on any atom is -0.497 e. The number of hydrogen-bond acceptors (Lipinski definition) is 6. The number of hydrogen-bond donors (Lipinski definition) is 0. The van der Waals surface area contributed by atoms with Crippen LogP contribution in [0.5, 0.6) is 5.75 Å². The van der Waals surface area contributed by atoms with Crippen LogP contribution in [0, 0.1) is 0 Å². The highest BCUT2D eigenvalue weighted by atomic mass is 33.1. The molecule has 0 radical (unpaired) electrons. The van der Waals surface area contributed by atoms with Crippen LogP contribution in [0.15, 0.2) is 57.8 Å². The molecule has 2 aromatic carbocycles. The summed E-state index contributed by atoms with van der Waals surface area (Å²) < 4.78 is 31.3. The van der Waals surface area contributed by atoms with Crippen molar-refractivity contribution < 1.29 is 13.2 Å². The molecular weight excluding hydrogens is 326 g/mol. The van der Waals surface area contributed by atoms with Crippen LogP contribution in [0.2, 0.25) is 0 Å². The van der Waals surface area contributed by atoms with Gasteiger partial charge in [-0.3, -0.25) is 0 Å². The Kier molecular flexibility index (Phi) is 3.88. The maximum absolute atomic E-state index is 12.4. The molecule has 108 valence electrons. The fourth-order valence-electron chi connectivity index (χ4n) is 1.77. The van der Waals surface area contributed by atoms with E-state index in [1.165, 1.54) is 23.5 Å². The zero-order valence-electron chi connectivity index (χ0n) is 11.0. The van der Waals surface area contributed by atoms with E-state index in [9.17, 15) is 8.42 Å². The number of para-hydroxylation sites is 1. The third-order valence-electron chi connectivity index (χ3n) is 2.80. The molecule has 0 amide bonds. The standard InChI is InChI=1S/C14H11NO3S3/c1-18-10-6-8-11(9-7-10)21(16,17)20-14-15-12-4-2-3-5-13(12)19-14/h2-9H,1H3. The van der Waals surface area contributed by atoms with Gasteiger partial charge in [0.05, 0.1) is 22.2 Å². The number of aromatic nitrogens is 1. The molecule has 4 nitrogen and oxygen atoms in total. The van der Waals surface area contributed by atoms with Gasteiger partial charge in [0.15, 0.2) is 4.34 Å². The average Bonchev–Trinajstić information content (AvgIpc) is 2.88. The lowest BCUT2D eigenvalue weighted by molar-refractivity contribution is 0.414. The molecule has 0 bridgehead atoms. The summed E-state index contributed by atoms with van der Waals surface area (Å²) in [6, 6.07) is 13.9. The smallest absolute Gasteiger partial charge is 0.236 e. The molecule has 0 aliphatic rings. The summed E-state index contributed by atoms with van der Waals surface area (Å²) in [7, 11) is -1.16. The molecule has 3 rings (SSSR count). The van der Waals surface area contributed by atoms with Gasteiger partial charge in [-0.1, -0.05) is 12.1 Å². The van der Waals surface area contributed by atoms with Crippen molar-refractivity contribution in [2.75, 3.05) is 7.11 Å². The van der Waals surface area contributed by atoms with Crippen molar-refractivity contribution in [2.24, 2.45) is 0 Å². The Morgan fingerprint density at radius 3 is 2.48 bits per heavy atom. The first kappa shape index (κ1) is 14.4. The van der Waals surface area contributed by atoms with Crippen molar-refractivity contribution in [3.05, 3.63) is 48.5 Å². The van der Waals surface area contributed by atoms with Gasteiger partial charge in [0.1, 0.15) is 5.75 Å². The zero-order chi connectivity index (χ0) is 14.9. The lowest BCUT2D eigenvalue weighted by atomic mass is 10.3. The Hall–Kier alpha value is -1.57. The molecule has 0 aliphatic heterocycles. The molecule has 0 saturated carbocycles. The second-order valence-electron chi connectivity index (χ2n) is 4.16. The molecule has 0 N–H and O–H groups in total. The highest BCUT2D eigenvalue weighted by Crippen LogP contribution is 2.36. The summed E-state index contributed by atoms with van der Waals surface area (Å²) in [5.41, 5.74) is 0.815. The maximum Gasteiger partial charge on any atom is 0.236 e. The minimum atomic E-state index is -3.48. The van der Waals surface area contributed by atoms with Crippen LogP contribution >= 0.6 is 22.1 Å². The fraction of sp³-hybridized carbons (Fsp3) is 0.0714. The van der Waals surface area contributed by atoms with Gasteiger partial charge in [-0.25, -0.2) is 13.4 Å². The topological polar surface area (TPSA) is 56.3 Å². The third-order valence-corrected chi connectivity index (χ3v) is 7.46. The quantitative estimate of drug-likeness (QED) is 0.678. The second kappa shape index (κ2) is 5.67. The van der Waals surface area contributed by atoms with Crippen molar-refractivity contribution in [1.29, 1.82) is 0 Å². The van der Waals surface area contributed by atoms with Crippen molar-refractivity contribution in [3.63, 3.8) is 0 Å². The summed E-state index contributed by atoms with van der Waals surface area (Å²) >= 11 is 1.37.